The van der Waals surface area contributed by atoms with Crippen LogP contribution in [0.1, 0.15) is 53.0 Å². The third-order valence-corrected chi connectivity index (χ3v) is 5.57. The molecule has 1 amide bonds. The number of rotatable bonds is 4. The molecule has 1 heterocycles. The Bertz CT molecular complexity index is 779. The summed E-state index contributed by atoms with van der Waals surface area (Å²) in [6.45, 7) is 2.60. The molecule has 132 valence electrons. The minimum atomic E-state index is -0.281. The van der Waals surface area contributed by atoms with Crippen LogP contribution in [0.5, 0.6) is 0 Å². The van der Waals surface area contributed by atoms with Crippen LogP contribution >= 0.6 is 0 Å². The normalized spacial score (nSPS) is 22.2. The van der Waals surface area contributed by atoms with E-state index in [-0.39, 0.29) is 17.9 Å². The Morgan fingerprint density at radius 3 is 2.76 bits per heavy atom. The number of aliphatic hydroxyl groups excluding tert-OH is 1. The summed E-state index contributed by atoms with van der Waals surface area (Å²) in [7, 11) is 0. The molecule has 1 aromatic carbocycles. The van der Waals surface area contributed by atoms with Crippen molar-refractivity contribution < 1.29 is 9.90 Å². The standard InChI is InChI=1S/C20H25N3O2/c1-13-8-10-15(11-9-13)23-17-6-3-5-16(17)19(22-23)20(25)21-12-14-4-2-7-18(14)24/h8-11,14,18,24H,2-7,12H2,1H3,(H,21,25)/t14-,18-/m0/s1. The lowest BCUT2D eigenvalue weighted by Gasteiger charge is -2.14. The van der Waals surface area contributed by atoms with E-state index in [0.29, 0.717) is 12.2 Å². The highest BCUT2D eigenvalue weighted by molar-refractivity contribution is 5.94. The number of benzene rings is 1. The van der Waals surface area contributed by atoms with Crippen LogP contribution in [0.15, 0.2) is 24.3 Å². The fraction of sp³-hybridized carbons (Fsp3) is 0.500. The topological polar surface area (TPSA) is 67.2 Å². The van der Waals surface area contributed by atoms with E-state index < -0.39 is 0 Å². The van der Waals surface area contributed by atoms with Gasteiger partial charge in [-0.1, -0.05) is 24.1 Å². The van der Waals surface area contributed by atoms with Crippen molar-refractivity contribution in [2.75, 3.05) is 6.54 Å². The summed E-state index contributed by atoms with van der Waals surface area (Å²) in [6, 6.07) is 8.24. The monoisotopic (exact) mass is 339 g/mol. The summed E-state index contributed by atoms with van der Waals surface area (Å²) in [5.41, 5.74) is 5.02. The third-order valence-electron chi connectivity index (χ3n) is 5.57. The Labute approximate surface area is 148 Å². The van der Waals surface area contributed by atoms with Crippen LogP contribution in [-0.4, -0.2) is 33.4 Å². The number of nitrogens with one attached hydrogen (secondary N) is 1. The minimum Gasteiger partial charge on any atom is -0.393 e. The Hall–Kier alpha value is -2.14. The quantitative estimate of drug-likeness (QED) is 0.900. The molecular formula is C20H25N3O2. The average Bonchev–Trinajstić information content (AvgIpc) is 3.30. The van der Waals surface area contributed by atoms with Gasteiger partial charge >= 0.3 is 0 Å². The zero-order chi connectivity index (χ0) is 17.4. The van der Waals surface area contributed by atoms with Gasteiger partial charge in [0.1, 0.15) is 0 Å². The highest BCUT2D eigenvalue weighted by atomic mass is 16.3. The van der Waals surface area contributed by atoms with Gasteiger partial charge in [0.2, 0.25) is 0 Å². The zero-order valence-electron chi connectivity index (χ0n) is 14.7. The fourth-order valence-electron chi connectivity index (χ4n) is 4.08. The molecule has 0 saturated heterocycles. The molecule has 2 aliphatic rings. The zero-order valence-corrected chi connectivity index (χ0v) is 14.7. The van der Waals surface area contributed by atoms with Gasteiger partial charge in [-0.05, 0) is 51.2 Å². The first kappa shape index (κ1) is 16.3. The number of aromatic nitrogens is 2. The van der Waals surface area contributed by atoms with Gasteiger partial charge in [0, 0.05) is 23.7 Å². The van der Waals surface area contributed by atoms with E-state index in [1.54, 1.807) is 0 Å². The van der Waals surface area contributed by atoms with Gasteiger partial charge in [0.25, 0.3) is 5.91 Å². The summed E-state index contributed by atoms with van der Waals surface area (Å²) in [6.07, 6.45) is 5.53. The first-order valence-corrected chi connectivity index (χ1v) is 9.27. The molecule has 2 aliphatic carbocycles. The van der Waals surface area contributed by atoms with E-state index in [1.165, 1.54) is 5.56 Å². The molecule has 2 atom stereocenters. The lowest BCUT2D eigenvalue weighted by molar-refractivity contribution is 0.0910. The number of hydrogen-bond donors (Lipinski definition) is 2. The minimum absolute atomic E-state index is 0.108. The largest absolute Gasteiger partial charge is 0.393 e. The SMILES string of the molecule is Cc1ccc(-n2nc(C(=O)NC[C@@H]3CCC[C@@H]3O)c3c2CCC3)cc1. The molecule has 0 aliphatic heterocycles. The van der Waals surface area contributed by atoms with Crippen LogP contribution in [-0.2, 0) is 12.8 Å². The van der Waals surface area contributed by atoms with Crippen molar-refractivity contribution in [3.05, 3.63) is 46.8 Å². The van der Waals surface area contributed by atoms with Gasteiger partial charge in [-0.25, -0.2) is 4.68 Å². The summed E-state index contributed by atoms with van der Waals surface area (Å²) in [5, 5.41) is 17.6. The smallest absolute Gasteiger partial charge is 0.272 e. The maximum atomic E-state index is 12.7. The van der Waals surface area contributed by atoms with Gasteiger partial charge in [-0.15, -0.1) is 0 Å². The van der Waals surface area contributed by atoms with Crippen molar-refractivity contribution >= 4 is 5.91 Å². The lowest BCUT2D eigenvalue weighted by Crippen LogP contribution is -2.33. The molecule has 1 saturated carbocycles. The van der Waals surface area contributed by atoms with E-state index in [0.717, 1.165) is 55.5 Å². The summed E-state index contributed by atoms with van der Waals surface area (Å²) >= 11 is 0. The molecular weight excluding hydrogens is 314 g/mol. The Kier molecular flexibility index (Phi) is 4.34. The number of carbonyl (C=O) groups is 1. The number of nitrogens with zero attached hydrogens (tertiary/aromatic N) is 2. The number of aryl methyl sites for hydroxylation is 1. The summed E-state index contributed by atoms with van der Waals surface area (Å²) < 4.78 is 1.93. The number of carbonyl (C=O) groups excluding carboxylic acids is 1. The van der Waals surface area contributed by atoms with Gasteiger partial charge < -0.3 is 10.4 Å². The third kappa shape index (κ3) is 3.09. The highest BCUT2D eigenvalue weighted by Crippen LogP contribution is 2.28. The number of aliphatic hydroxyl groups is 1. The molecule has 25 heavy (non-hydrogen) atoms. The first-order valence-electron chi connectivity index (χ1n) is 9.27. The van der Waals surface area contributed by atoms with Crippen LogP contribution in [0.3, 0.4) is 0 Å². The maximum Gasteiger partial charge on any atom is 0.272 e. The second-order valence-corrected chi connectivity index (χ2v) is 7.34. The second kappa shape index (κ2) is 6.64. The molecule has 5 nitrogen and oxygen atoms in total. The summed E-state index contributed by atoms with van der Waals surface area (Å²) in [4.78, 5) is 12.7. The molecule has 1 fully saturated rings. The fourth-order valence-corrected chi connectivity index (χ4v) is 4.08. The van der Waals surface area contributed by atoms with Crippen molar-refractivity contribution in [3.63, 3.8) is 0 Å². The van der Waals surface area contributed by atoms with E-state index in [1.807, 2.05) is 4.68 Å². The van der Waals surface area contributed by atoms with Crippen LogP contribution in [0, 0.1) is 12.8 Å². The first-order chi connectivity index (χ1) is 12.1. The molecule has 0 unspecified atom stereocenters. The van der Waals surface area contributed by atoms with Crippen molar-refractivity contribution in [2.45, 2.75) is 51.6 Å². The number of fused-ring (bicyclic) bond motifs is 1. The van der Waals surface area contributed by atoms with Gasteiger partial charge in [-0.2, -0.15) is 5.10 Å². The van der Waals surface area contributed by atoms with Crippen LogP contribution in [0.4, 0.5) is 0 Å². The molecule has 2 N–H and O–H groups in total. The molecule has 4 rings (SSSR count). The summed E-state index contributed by atoms with van der Waals surface area (Å²) in [5.74, 6) is 0.0688. The van der Waals surface area contributed by atoms with E-state index in [4.69, 9.17) is 0 Å². The number of hydrogen-bond acceptors (Lipinski definition) is 3. The molecule has 0 radical (unpaired) electrons. The van der Waals surface area contributed by atoms with Crippen LogP contribution in [0.2, 0.25) is 0 Å². The molecule has 1 aromatic heterocycles. The molecule has 0 spiro atoms. The molecule has 0 bridgehead atoms. The van der Waals surface area contributed by atoms with Crippen molar-refractivity contribution in [1.82, 2.24) is 15.1 Å². The Morgan fingerprint density at radius 2 is 2.04 bits per heavy atom. The van der Waals surface area contributed by atoms with Crippen LogP contribution in [0.25, 0.3) is 5.69 Å². The Balaban J connectivity index is 1.56. The van der Waals surface area contributed by atoms with E-state index in [9.17, 15) is 9.90 Å². The van der Waals surface area contributed by atoms with Gasteiger partial charge in [0.05, 0.1) is 11.8 Å². The van der Waals surface area contributed by atoms with E-state index in [2.05, 4.69) is 41.6 Å². The van der Waals surface area contributed by atoms with Crippen molar-refractivity contribution in [2.24, 2.45) is 5.92 Å². The second-order valence-electron chi connectivity index (χ2n) is 7.34. The average molecular weight is 339 g/mol. The predicted molar refractivity (Wildman–Crippen MR) is 96.0 cm³/mol. The number of amides is 1. The molecule has 2 aromatic rings. The van der Waals surface area contributed by atoms with Gasteiger partial charge in [0.15, 0.2) is 5.69 Å². The maximum absolute atomic E-state index is 12.7. The predicted octanol–water partition coefficient (Wildman–Crippen LogP) is 2.56. The lowest BCUT2D eigenvalue weighted by atomic mass is 10.1. The van der Waals surface area contributed by atoms with Crippen LogP contribution < -0.4 is 5.32 Å². The highest BCUT2D eigenvalue weighted by Gasteiger charge is 2.29. The Morgan fingerprint density at radius 1 is 1.24 bits per heavy atom. The van der Waals surface area contributed by atoms with E-state index >= 15 is 0 Å². The van der Waals surface area contributed by atoms with Crippen molar-refractivity contribution in [3.8, 4) is 5.69 Å². The van der Waals surface area contributed by atoms with Crippen molar-refractivity contribution in [1.29, 1.82) is 0 Å². The van der Waals surface area contributed by atoms with Gasteiger partial charge in [-0.3, -0.25) is 4.79 Å². The molecule has 5 heteroatoms.